The normalized spacial score (nSPS) is 11.4. The zero-order valence-electron chi connectivity index (χ0n) is 78.3. The molecule has 0 saturated heterocycles. The lowest BCUT2D eigenvalue weighted by molar-refractivity contribution is 0.151. The van der Waals surface area contributed by atoms with Crippen LogP contribution in [0.5, 0.6) is 0 Å². The monoisotopic (exact) mass is 1770 g/mol. The molecular formula is C109H131Cl2F2N15O. The van der Waals surface area contributed by atoms with Crippen molar-refractivity contribution in [2.75, 3.05) is 13.2 Å². The van der Waals surface area contributed by atoms with Gasteiger partial charge in [-0.05, 0) is 325 Å². The summed E-state index contributed by atoms with van der Waals surface area (Å²) in [6, 6.07) is 86.5. The predicted octanol–water partition coefficient (Wildman–Crippen LogP) is 24.1. The molecule has 20 heteroatoms. The number of rotatable bonds is 29. The average Bonchev–Trinajstić information content (AvgIpc) is 0.504. The van der Waals surface area contributed by atoms with Gasteiger partial charge in [0.05, 0.1) is 79.7 Å². The Morgan fingerprint density at radius 2 is 0.450 bits per heavy atom. The minimum absolute atomic E-state index is 0.0638. The van der Waals surface area contributed by atoms with Crippen molar-refractivity contribution in [1.29, 1.82) is 0 Å². The lowest BCUT2D eigenvalue weighted by Gasteiger charge is -2.19. The highest BCUT2D eigenvalue weighted by Gasteiger charge is 2.15. The third-order valence-corrected chi connectivity index (χ3v) is 22.5. The molecule has 14 aromatic rings. The molecular weight excluding hydrogens is 1640 g/mol. The summed E-state index contributed by atoms with van der Waals surface area (Å²) in [7, 11) is 0. The van der Waals surface area contributed by atoms with E-state index in [-0.39, 0.29) is 23.5 Å². The summed E-state index contributed by atoms with van der Waals surface area (Å²) >= 11 is 11.6. The Balaban J connectivity index is 0.000000186. The number of aromatic nitrogens is 14. The van der Waals surface area contributed by atoms with Crippen LogP contribution >= 0.6 is 23.2 Å². The topological polar surface area (TPSA) is 227 Å². The fraction of sp³-hybridized carbons (Fsp3) is 0.358. The summed E-state index contributed by atoms with van der Waals surface area (Å²) in [4.78, 5) is -0.456. The molecule has 2 unspecified atom stereocenters. The number of nitrogens with two attached hydrogens (primary N) is 1. The number of hydrogen-bond donors (Lipinski definition) is 2. The molecule has 676 valence electrons. The van der Waals surface area contributed by atoms with E-state index in [4.69, 9.17) is 34.0 Å². The van der Waals surface area contributed by atoms with Gasteiger partial charge in [-0.3, -0.25) is 0 Å². The van der Waals surface area contributed by atoms with E-state index >= 15 is 0 Å². The molecule has 14 rings (SSSR count). The highest BCUT2D eigenvalue weighted by Crippen LogP contribution is 2.27. The molecule has 0 amide bonds. The molecule has 7 heterocycles. The summed E-state index contributed by atoms with van der Waals surface area (Å²) < 4.78 is 24.7. The smallest absolute Gasteiger partial charge is 0.263 e. The van der Waals surface area contributed by atoms with E-state index < -0.39 is 11.3 Å². The highest BCUT2D eigenvalue weighted by molar-refractivity contribution is 6.44. The van der Waals surface area contributed by atoms with Crippen molar-refractivity contribution in [3.63, 3.8) is 0 Å². The Morgan fingerprint density at radius 1 is 0.256 bits per heavy atom. The largest absolute Gasteiger partial charge is 0.396 e. The van der Waals surface area contributed by atoms with Crippen LogP contribution in [-0.4, -0.2) is 89.6 Å². The summed E-state index contributed by atoms with van der Waals surface area (Å²) in [6.45, 7) is 34.3. The zero-order valence-corrected chi connectivity index (χ0v) is 79.8. The molecule has 0 saturated carbocycles. The second-order valence-electron chi connectivity index (χ2n) is 34.7. The van der Waals surface area contributed by atoms with Gasteiger partial charge < -0.3 is 10.8 Å². The van der Waals surface area contributed by atoms with Gasteiger partial charge in [-0.2, -0.15) is 71.4 Å². The van der Waals surface area contributed by atoms with Gasteiger partial charge in [0.15, 0.2) is 0 Å². The van der Waals surface area contributed by atoms with Gasteiger partial charge in [-0.1, -0.05) is 232 Å². The first-order valence-electron chi connectivity index (χ1n) is 45.0. The Morgan fingerprint density at radius 3 is 0.620 bits per heavy atom. The molecule has 7 aromatic heterocycles. The Kier molecular flexibility index (Phi) is 43.6. The number of alkyl halides is 4. The van der Waals surface area contributed by atoms with Crippen molar-refractivity contribution in [2.24, 2.45) is 5.73 Å². The molecule has 0 spiro atoms. The van der Waals surface area contributed by atoms with Crippen LogP contribution in [0.4, 0.5) is 8.78 Å². The van der Waals surface area contributed by atoms with E-state index in [9.17, 15) is 8.78 Å². The van der Waals surface area contributed by atoms with Crippen LogP contribution in [0.1, 0.15) is 255 Å². The summed E-state index contributed by atoms with van der Waals surface area (Å²) in [5.41, 5.74) is 36.4. The summed E-state index contributed by atoms with van der Waals surface area (Å²) in [6.07, 6.45) is 10.7. The first-order chi connectivity index (χ1) is 61.9. The van der Waals surface area contributed by atoms with Gasteiger partial charge in [-0.25, -0.2) is 8.78 Å². The van der Waals surface area contributed by atoms with Crippen molar-refractivity contribution in [2.45, 2.75) is 241 Å². The number of nitrogens with zero attached hydrogens (tertiary/aromatic N) is 14. The third kappa shape index (κ3) is 39.1. The molecule has 2 atom stereocenters. The van der Waals surface area contributed by atoms with Crippen molar-refractivity contribution in [3.8, 4) is 0 Å². The van der Waals surface area contributed by atoms with Gasteiger partial charge >= 0.3 is 0 Å². The molecule has 7 aromatic carbocycles. The van der Waals surface area contributed by atoms with E-state index in [2.05, 4.69) is 278 Å². The average molecular weight is 1780 g/mol. The second-order valence-corrected chi connectivity index (χ2v) is 35.8. The minimum Gasteiger partial charge on any atom is -0.396 e. The molecule has 16 nitrogen and oxygen atoms in total. The number of halogens is 4. The fourth-order valence-corrected chi connectivity index (χ4v) is 13.4. The first kappa shape index (κ1) is 103. The van der Waals surface area contributed by atoms with E-state index in [1.54, 1.807) is 12.1 Å². The van der Waals surface area contributed by atoms with Crippen molar-refractivity contribution in [3.05, 3.63) is 412 Å². The third-order valence-electron chi connectivity index (χ3n) is 22.0. The van der Waals surface area contributed by atoms with Crippen molar-refractivity contribution < 1.29 is 13.9 Å². The lowest BCUT2D eigenvalue weighted by atomic mass is 9.86. The molecule has 0 aliphatic rings. The van der Waals surface area contributed by atoms with Crippen molar-refractivity contribution >= 4 is 23.2 Å². The van der Waals surface area contributed by atoms with Crippen molar-refractivity contribution in [1.82, 2.24) is 71.4 Å². The maximum atomic E-state index is 12.4. The van der Waals surface area contributed by atoms with Crippen LogP contribution in [0.3, 0.4) is 0 Å². The number of aliphatic hydroxyl groups excluding tert-OH is 1. The summed E-state index contributed by atoms with van der Waals surface area (Å²) in [5, 5.41) is 66.7. The SMILES string of the molecule is Cc1ccc(CCc2ccc(C(C)(C)C)cc2)nn1.Cc1ccc(CCc2ccc(C(C)C)cc2)nn1.Cc1ccc(CCc2ccc(C(C)C)cc2)nn1.Cc1ccc(CCc2ccc(C(C)CN)cc2)nn1.Cc1ccc(CCc2ccc(C(C)CO)cc2)nn1.Cc1ccc(CCc2ccc(C(Cl)Cl)cc2)nn1.Cc1ccc(CCc2ccc(C(F)F)cc2)nn1. The Bertz CT molecular complexity index is 4940. The van der Waals surface area contributed by atoms with E-state index in [0.717, 1.165) is 181 Å². The Hall–Kier alpha value is -11.5. The van der Waals surface area contributed by atoms with Gasteiger partial charge in [0.2, 0.25) is 0 Å². The van der Waals surface area contributed by atoms with Crippen LogP contribution in [-0.2, 0) is 95.3 Å². The van der Waals surface area contributed by atoms with Crippen LogP contribution in [0.2, 0.25) is 0 Å². The van der Waals surface area contributed by atoms with Gasteiger partial charge in [-0.15, -0.1) is 23.2 Å². The van der Waals surface area contributed by atoms with Gasteiger partial charge in [0.25, 0.3) is 6.43 Å². The fourth-order valence-electron chi connectivity index (χ4n) is 13.1. The van der Waals surface area contributed by atoms with E-state index in [0.29, 0.717) is 24.3 Å². The molecule has 0 bridgehead atoms. The molecule has 129 heavy (non-hydrogen) atoms. The number of aliphatic hydroxyl groups is 1. The van der Waals surface area contributed by atoms with Crippen LogP contribution in [0.15, 0.2) is 255 Å². The number of benzene rings is 7. The zero-order chi connectivity index (χ0) is 93.0. The highest BCUT2D eigenvalue weighted by atomic mass is 35.5. The quantitative estimate of drug-likeness (QED) is 0.0416. The van der Waals surface area contributed by atoms with Crippen LogP contribution in [0, 0.1) is 48.5 Å². The maximum absolute atomic E-state index is 12.4. The summed E-state index contributed by atoms with van der Waals surface area (Å²) in [5.74, 6) is 1.83. The molecule has 0 fully saturated rings. The molecule has 0 aliphatic carbocycles. The van der Waals surface area contributed by atoms with Crippen LogP contribution < -0.4 is 5.73 Å². The molecule has 3 N–H and O–H groups in total. The minimum atomic E-state index is -2.40. The van der Waals surface area contributed by atoms with E-state index in [1.807, 2.05) is 134 Å². The standard InChI is InChI=1S/C17H22N2.C16H21N3.C16H20N2O.2C16H20N2.C14H14Cl2N2.C14H14F2N2/c1-13-5-11-16(19-18-13)12-8-14-6-9-15(10-7-14)17(2,3)4;1-12(11-17)15-7-4-14(5-8-15)6-10-16-9-3-13(2)18-19-16;1-12(11-19)15-7-4-14(5-8-15)6-10-16-9-3-13(2)17-18-16;2*1-12(2)15-8-5-14(6-9-15)7-11-16-10-4-13(3)17-18-16;2*1-10-2-8-13(18-17-10)9-5-11-3-6-12(7-4-11)14(15)16/h5-7,9-11H,8,12H2,1-4H3;3-5,7-9,12H,6,10-11,17H2,1-2H3;3-5,7-9,12,19H,6,10-11H2,1-2H3;2*4-6,8-10,12H,7,11H2,1-3H3;2*2-4,6-8,14H,5,9H2,1H3. The second kappa shape index (κ2) is 54.7. The number of hydrogen-bond acceptors (Lipinski definition) is 16. The first-order valence-corrected chi connectivity index (χ1v) is 45.8. The molecule has 0 radical (unpaired) electrons. The predicted molar refractivity (Wildman–Crippen MR) is 524 cm³/mol. The number of aryl methyl sites for hydroxylation is 21. The van der Waals surface area contributed by atoms with Crippen LogP contribution in [0.25, 0.3) is 0 Å². The lowest BCUT2D eigenvalue weighted by Crippen LogP contribution is -2.10. The molecule has 0 aliphatic heterocycles. The maximum Gasteiger partial charge on any atom is 0.263 e. The van der Waals surface area contributed by atoms with Gasteiger partial charge in [0, 0.05) is 18.1 Å². The van der Waals surface area contributed by atoms with Gasteiger partial charge in [0.1, 0.15) is 4.84 Å². The Labute approximate surface area is 775 Å². The van der Waals surface area contributed by atoms with E-state index in [1.165, 1.54) is 73.3 Å².